The lowest BCUT2D eigenvalue weighted by Crippen LogP contribution is -2.47. The molecular weight excluding hydrogens is 381 g/mol. The van der Waals surface area contributed by atoms with Crippen molar-refractivity contribution in [1.82, 2.24) is 10.2 Å². The van der Waals surface area contributed by atoms with E-state index in [-0.39, 0.29) is 23.8 Å². The summed E-state index contributed by atoms with van der Waals surface area (Å²) in [6, 6.07) is 2.72. The highest BCUT2D eigenvalue weighted by atomic mass is 35.5. The van der Waals surface area contributed by atoms with Gasteiger partial charge in [-0.2, -0.15) is 0 Å². The second-order valence-corrected chi connectivity index (χ2v) is 7.52. The first-order valence-corrected chi connectivity index (χ1v) is 8.57. The topological polar surface area (TPSA) is 108 Å². The van der Waals surface area contributed by atoms with Gasteiger partial charge in [-0.25, -0.2) is 9.18 Å². The number of carbonyl (C=O) groups excluding carboxylic acids is 3. The van der Waals surface area contributed by atoms with Crippen LogP contribution in [0.25, 0.3) is 0 Å². The normalized spacial score (nSPS) is 19.6. The van der Waals surface area contributed by atoms with Crippen LogP contribution in [0.15, 0.2) is 18.2 Å². The molecule has 1 aromatic rings. The molecule has 1 aliphatic rings. The Morgan fingerprint density at radius 1 is 1.26 bits per heavy atom. The van der Waals surface area contributed by atoms with Gasteiger partial charge in [0.25, 0.3) is 0 Å². The van der Waals surface area contributed by atoms with Gasteiger partial charge in [0.2, 0.25) is 0 Å². The quantitative estimate of drug-likeness (QED) is 0.651. The lowest BCUT2D eigenvalue weighted by atomic mass is 10.2. The number of β-amino-alcohol motifs (C(OH)–C–C–N with tert-alkyl or cyclic N) is 1. The maximum Gasteiger partial charge on any atom is 0.410 e. The molecule has 8 nitrogen and oxygen atoms in total. The third kappa shape index (κ3) is 5.80. The van der Waals surface area contributed by atoms with E-state index in [1.807, 2.05) is 0 Å². The van der Waals surface area contributed by atoms with Gasteiger partial charge in [0.05, 0.1) is 23.7 Å². The minimum atomic E-state index is -1.05. The van der Waals surface area contributed by atoms with Gasteiger partial charge in [0.1, 0.15) is 11.4 Å². The average Bonchev–Trinajstić information content (AvgIpc) is 2.90. The third-order valence-electron chi connectivity index (χ3n) is 3.64. The monoisotopic (exact) mass is 401 g/mol. The lowest BCUT2D eigenvalue weighted by Gasteiger charge is -2.24. The van der Waals surface area contributed by atoms with Crippen LogP contribution in [-0.2, 0) is 14.3 Å². The number of carbonyl (C=O) groups is 3. The first kappa shape index (κ1) is 20.9. The highest BCUT2D eigenvalue weighted by Gasteiger charge is 2.37. The number of amides is 3. The molecule has 10 heteroatoms. The minimum absolute atomic E-state index is 0.00925. The van der Waals surface area contributed by atoms with Crippen molar-refractivity contribution < 1.29 is 28.6 Å². The van der Waals surface area contributed by atoms with Gasteiger partial charge in [0.15, 0.2) is 0 Å². The van der Waals surface area contributed by atoms with Crippen LogP contribution in [0.2, 0.25) is 5.02 Å². The van der Waals surface area contributed by atoms with Crippen LogP contribution in [0.1, 0.15) is 20.8 Å². The Balaban J connectivity index is 1.91. The molecule has 0 unspecified atom stereocenters. The zero-order chi connectivity index (χ0) is 20.4. The molecule has 3 amide bonds. The fraction of sp³-hybridized carbons (Fsp3) is 0.471. The van der Waals surface area contributed by atoms with Crippen molar-refractivity contribution in [2.45, 2.75) is 38.5 Å². The maximum atomic E-state index is 13.4. The third-order valence-corrected chi connectivity index (χ3v) is 3.95. The molecule has 1 aliphatic heterocycles. The first-order valence-electron chi connectivity index (χ1n) is 8.19. The number of likely N-dealkylation sites (tertiary alicyclic amines) is 1. The summed E-state index contributed by atoms with van der Waals surface area (Å²) in [6.45, 7) is 5.08. The first-order chi connectivity index (χ1) is 12.5. The smallest absolute Gasteiger partial charge is 0.410 e. The fourth-order valence-corrected chi connectivity index (χ4v) is 2.52. The van der Waals surface area contributed by atoms with E-state index in [0.29, 0.717) is 0 Å². The zero-order valence-corrected chi connectivity index (χ0v) is 15.8. The SMILES string of the molecule is CC(C)(C)OC(=O)N1C[C@H](NC(=O)C(=O)Nc2ccc(Cl)c(F)c2)[C@@H](O)C1. The summed E-state index contributed by atoms with van der Waals surface area (Å²) < 4.78 is 18.6. The van der Waals surface area contributed by atoms with E-state index < -0.39 is 41.5 Å². The molecule has 148 valence electrons. The number of aliphatic hydroxyl groups excluding tert-OH is 1. The molecular formula is C17H21ClFN3O5. The molecule has 1 fully saturated rings. The van der Waals surface area contributed by atoms with Crippen molar-refractivity contribution in [2.75, 3.05) is 18.4 Å². The van der Waals surface area contributed by atoms with Crippen LogP contribution in [0.4, 0.5) is 14.9 Å². The Bertz CT molecular complexity index is 753. The molecule has 1 heterocycles. The van der Waals surface area contributed by atoms with Crippen molar-refractivity contribution in [3.8, 4) is 0 Å². The Morgan fingerprint density at radius 3 is 2.52 bits per heavy atom. The summed E-state index contributed by atoms with van der Waals surface area (Å²) in [6.07, 6.45) is -1.68. The molecule has 0 spiro atoms. The minimum Gasteiger partial charge on any atom is -0.444 e. The largest absolute Gasteiger partial charge is 0.444 e. The van der Waals surface area contributed by atoms with Gasteiger partial charge in [0, 0.05) is 12.2 Å². The van der Waals surface area contributed by atoms with Crippen LogP contribution in [-0.4, -0.2) is 58.8 Å². The van der Waals surface area contributed by atoms with E-state index in [1.165, 1.54) is 17.0 Å². The van der Waals surface area contributed by atoms with E-state index in [9.17, 15) is 23.9 Å². The number of ether oxygens (including phenoxy) is 1. The van der Waals surface area contributed by atoms with Crippen molar-refractivity contribution in [1.29, 1.82) is 0 Å². The number of benzene rings is 1. The Morgan fingerprint density at radius 2 is 1.93 bits per heavy atom. The Hall–Kier alpha value is -2.39. The van der Waals surface area contributed by atoms with E-state index in [2.05, 4.69) is 10.6 Å². The van der Waals surface area contributed by atoms with Crippen molar-refractivity contribution >= 4 is 35.2 Å². The van der Waals surface area contributed by atoms with Crippen LogP contribution < -0.4 is 10.6 Å². The van der Waals surface area contributed by atoms with Crippen LogP contribution in [0, 0.1) is 5.82 Å². The Kier molecular flexibility index (Phi) is 6.27. The summed E-state index contributed by atoms with van der Waals surface area (Å²) in [5, 5.41) is 14.5. The number of nitrogens with one attached hydrogen (secondary N) is 2. The van der Waals surface area contributed by atoms with E-state index in [4.69, 9.17) is 16.3 Å². The van der Waals surface area contributed by atoms with Crippen LogP contribution >= 0.6 is 11.6 Å². The average molecular weight is 402 g/mol. The number of hydrogen-bond donors (Lipinski definition) is 3. The molecule has 27 heavy (non-hydrogen) atoms. The maximum absolute atomic E-state index is 13.4. The van der Waals surface area contributed by atoms with Crippen molar-refractivity contribution in [3.05, 3.63) is 29.0 Å². The molecule has 3 N–H and O–H groups in total. The Labute approximate surface area is 160 Å². The number of hydrogen-bond acceptors (Lipinski definition) is 5. The number of nitrogens with zero attached hydrogens (tertiary/aromatic N) is 1. The second-order valence-electron chi connectivity index (χ2n) is 7.12. The standard InChI is InChI=1S/C17H21ClFN3O5/c1-17(2,3)27-16(26)22-7-12(13(23)8-22)21-15(25)14(24)20-9-4-5-10(18)11(19)6-9/h4-6,12-13,23H,7-8H2,1-3H3,(H,20,24)(H,21,25)/t12-,13-/m0/s1. The molecule has 0 saturated carbocycles. The molecule has 0 bridgehead atoms. The summed E-state index contributed by atoms with van der Waals surface area (Å²) in [5.74, 6) is -2.81. The van der Waals surface area contributed by atoms with Gasteiger partial charge in [-0.05, 0) is 39.0 Å². The van der Waals surface area contributed by atoms with Crippen LogP contribution in [0.5, 0.6) is 0 Å². The summed E-state index contributed by atoms with van der Waals surface area (Å²) in [4.78, 5) is 37.2. The zero-order valence-electron chi connectivity index (χ0n) is 15.1. The van der Waals surface area contributed by atoms with Crippen molar-refractivity contribution in [2.24, 2.45) is 0 Å². The summed E-state index contributed by atoms with van der Waals surface area (Å²) in [7, 11) is 0. The van der Waals surface area contributed by atoms with Gasteiger partial charge < -0.3 is 25.4 Å². The molecule has 0 aromatic heterocycles. The molecule has 0 radical (unpaired) electrons. The predicted molar refractivity (Wildman–Crippen MR) is 95.8 cm³/mol. The van der Waals surface area contributed by atoms with E-state index in [1.54, 1.807) is 20.8 Å². The van der Waals surface area contributed by atoms with E-state index in [0.717, 1.165) is 6.07 Å². The number of aliphatic hydroxyl groups is 1. The van der Waals surface area contributed by atoms with Crippen LogP contribution in [0.3, 0.4) is 0 Å². The number of anilines is 1. The number of halogens is 2. The molecule has 1 saturated heterocycles. The van der Waals surface area contributed by atoms with Gasteiger partial charge in [-0.3, -0.25) is 9.59 Å². The summed E-state index contributed by atoms with van der Waals surface area (Å²) >= 11 is 5.55. The second kappa shape index (κ2) is 8.10. The number of rotatable bonds is 2. The lowest BCUT2D eigenvalue weighted by molar-refractivity contribution is -0.136. The fourth-order valence-electron chi connectivity index (χ4n) is 2.40. The molecule has 0 aliphatic carbocycles. The van der Waals surface area contributed by atoms with E-state index >= 15 is 0 Å². The highest BCUT2D eigenvalue weighted by Crippen LogP contribution is 2.19. The van der Waals surface area contributed by atoms with Gasteiger partial charge in [-0.1, -0.05) is 11.6 Å². The molecule has 2 rings (SSSR count). The van der Waals surface area contributed by atoms with Crippen molar-refractivity contribution in [3.63, 3.8) is 0 Å². The molecule has 2 atom stereocenters. The highest BCUT2D eigenvalue weighted by molar-refractivity contribution is 6.39. The molecule has 1 aromatic carbocycles. The summed E-state index contributed by atoms with van der Waals surface area (Å²) in [5.41, 5.74) is -0.642. The predicted octanol–water partition coefficient (Wildman–Crippen LogP) is 1.51. The van der Waals surface area contributed by atoms with Gasteiger partial charge in [-0.15, -0.1) is 0 Å². The van der Waals surface area contributed by atoms with Gasteiger partial charge >= 0.3 is 17.9 Å².